The number of hydrogen-bond acceptors (Lipinski definition) is 2. The average molecular weight is 452 g/mol. The summed E-state index contributed by atoms with van der Waals surface area (Å²) < 4.78 is 55.6. The molecular formula is C31H40O2. The van der Waals surface area contributed by atoms with Crippen LogP contribution in [0.2, 0.25) is 0 Å². The molecule has 33 heavy (non-hydrogen) atoms. The van der Waals surface area contributed by atoms with Crippen LogP contribution in [0.15, 0.2) is 81.9 Å². The molecule has 0 saturated heterocycles. The van der Waals surface area contributed by atoms with E-state index in [2.05, 4.69) is 45.9 Å². The summed E-state index contributed by atoms with van der Waals surface area (Å²) in [4.78, 5) is 26.6. The fraction of sp³-hybridized carbons (Fsp3) is 0.419. The SMILES string of the molecule is [2H]c1c([2H])c([2H])c2c(c1[2H])C(=O)C(C/C=C(\C)CC/C=C(/C)CC/C=C(\C)CCC=C(C)C)=C(C([2H])([2H])[2H])C2=O. The van der Waals surface area contributed by atoms with Crippen molar-refractivity contribution in [2.24, 2.45) is 0 Å². The summed E-state index contributed by atoms with van der Waals surface area (Å²) in [5.41, 5.74) is 3.02. The van der Waals surface area contributed by atoms with Gasteiger partial charge < -0.3 is 0 Å². The number of allylic oxidation sites excluding steroid dienone is 10. The number of carbonyl (C=O) groups is 2. The minimum absolute atomic E-state index is 0.105. The van der Waals surface area contributed by atoms with Gasteiger partial charge in [0.25, 0.3) is 0 Å². The Labute approximate surface area is 210 Å². The van der Waals surface area contributed by atoms with Gasteiger partial charge in [-0.25, -0.2) is 0 Å². The highest BCUT2D eigenvalue weighted by Gasteiger charge is 2.28. The standard InChI is InChI=1S/C31H40O2/c1-22(2)12-9-13-23(3)14-10-15-24(4)16-11-17-25(5)20-21-27-26(6)30(32)28-18-7-8-19-29(28)31(27)33/h7-8,12,14,16,18-20H,9-11,13,15,17,21H2,1-6H3/b23-14+,24-16-,25-20+/i6D3,7D,8D,18D,19D. The van der Waals surface area contributed by atoms with Crippen molar-refractivity contribution in [3.63, 3.8) is 0 Å². The molecule has 2 nitrogen and oxygen atoms in total. The summed E-state index contributed by atoms with van der Waals surface area (Å²) in [6, 6.07) is -2.64. The number of hydrogen-bond donors (Lipinski definition) is 0. The maximum Gasteiger partial charge on any atom is 0.190 e. The molecule has 0 bridgehead atoms. The minimum atomic E-state index is -2.91. The summed E-state index contributed by atoms with van der Waals surface area (Å²) in [6.45, 7) is 7.46. The van der Waals surface area contributed by atoms with E-state index in [1.54, 1.807) is 6.08 Å². The number of benzene rings is 1. The van der Waals surface area contributed by atoms with E-state index in [-0.39, 0.29) is 12.0 Å². The molecule has 2 heteroatoms. The summed E-state index contributed by atoms with van der Waals surface area (Å²) in [6.07, 6.45) is 13.9. The minimum Gasteiger partial charge on any atom is -0.289 e. The van der Waals surface area contributed by atoms with E-state index in [4.69, 9.17) is 9.60 Å². The molecule has 0 spiro atoms. The van der Waals surface area contributed by atoms with Crippen molar-refractivity contribution in [3.8, 4) is 0 Å². The number of carbonyl (C=O) groups excluding carboxylic acids is 2. The average Bonchev–Trinajstić information content (AvgIpc) is 2.85. The van der Waals surface area contributed by atoms with Gasteiger partial charge >= 0.3 is 0 Å². The zero-order valence-electron chi connectivity index (χ0n) is 27.6. The van der Waals surface area contributed by atoms with Gasteiger partial charge in [-0.05, 0) is 86.4 Å². The number of ketones is 2. The normalized spacial score (nSPS) is 18.6. The van der Waals surface area contributed by atoms with Crippen LogP contribution in [0.1, 0.15) is 117 Å². The first-order valence-corrected chi connectivity index (χ1v) is 11.6. The monoisotopic (exact) mass is 451 g/mol. The Morgan fingerprint density at radius 2 is 1.24 bits per heavy atom. The molecule has 0 atom stereocenters. The van der Waals surface area contributed by atoms with E-state index >= 15 is 0 Å². The van der Waals surface area contributed by atoms with Crippen LogP contribution in [0.4, 0.5) is 0 Å². The summed E-state index contributed by atoms with van der Waals surface area (Å²) in [5, 5.41) is 0. The quantitative estimate of drug-likeness (QED) is 0.315. The third kappa shape index (κ3) is 8.28. The van der Waals surface area contributed by atoms with Crippen LogP contribution in [0, 0.1) is 0 Å². The van der Waals surface area contributed by atoms with Crippen molar-refractivity contribution in [2.45, 2.75) is 86.4 Å². The molecule has 1 aliphatic carbocycles. The van der Waals surface area contributed by atoms with Crippen molar-refractivity contribution < 1.29 is 19.2 Å². The van der Waals surface area contributed by atoms with E-state index in [1.165, 1.54) is 16.7 Å². The van der Waals surface area contributed by atoms with Gasteiger partial charge in [-0.1, -0.05) is 70.8 Å². The van der Waals surface area contributed by atoms with Crippen LogP contribution in [-0.2, 0) is 0 Å². The lowest BCUT2D eigenvalue weighted by Crippen LogP contribution is -2.20. The third-order valence-corrected chi connectivity index (χ3v) is 5.75. The molecule has 0 heterocycles. The second kappa shape index (κ2) is 13.1. The number of fused-ring (bicyclic) bond motifs is 1. The van der Waals surface area contributed by atoms with Crippen molar-refractivity contribution in [3.05, 3.63) is 93.0 Å². The van der Waals surface area contributed by atoms with Gasteiger partial charge in [0.2, 0.25) is 0 Å². The van der Waals surface area contributed by atoms with E-state index in [1.807, 2.05) is 6.92 Å². The lowest BCUT2D eigenvalue weighted by atomic mass is 9.83. The molecule has 0 aliphatic heterocycles. The lowest BCUT2D eigenvalue weighted by Gasteiger charge is -2.18. The molecule has 1 aliphatic rings. The van der Waals surface area contributed by atoms with Crippen molar-refractivity contribution >= 4 is 11.6 Å². The van der Waals surface area contributed by atoms with Crippen LogP contribution in [-0.4, -0.2) is 11.6 Å². The molecule has 0 amide bonds. The molecule has 0 fully saturated rings. The molecule has 0 saturated carbocycles. The van der Waals surface area contributed by atoms with Crippen LogP contribution in [0.5, 0.6) is 0 Å². The van der Waals surface area contributed by atoms with Gasteiger partial charge in [-0.3, -0.25) is 9.59 Å². The van der Waals surface area contributed by atoms with Crippen LogP contribution < -0.4 is 0 Å². The maximum atomic E-state index is 13.4. The zero-order valence-corrected chi connectivity index (χ0v) is 20.6. The van der Waals surface area contributed by atoms with Gasteiger partial charge in [-0.15, -0.1) is 0 Å². The van der Waals surface area contributed by atoms with Crippen molar-refractivity contribution in [1.82, 2.24) is 0 Å². The van der Waals surface area contributed by atoms with Crippen molar-refractivity contribution in [1.29, 1.82) is 0 Å². The van der Waals surface area contributed by atoms with E-state index in [0.29, 0.717) is 6.42 Å². The number of rotatable bonds is 11. The van der Waals surface area contributed by atoms with Gasteiger partial charge in [0.05, 0.1) is 5.48 Å². The fourth-order valence-corrected chi connectivity index (χ4v) is 3.64. The Hall–Kier alpha value is -2.74. The topological polar surface area (TPSA) is 34.1 Å². The Bertz CT molecular complexity index is 1320. The zero-order chi connectivity index (χ0) is 30.4. The summed E-state index contributed by atoms with van der Waals surface area (Å²) in [5.74, 6) is -1.88. The molecule has 1 aromatic rings. The second-order valence-electron chi connectivity index (χ2n) is 9.01. The largest absolute Gasteiger partial charge is 0.289 e. The molecule has 1 aromatic carbocycles. The predicted octanol–water partition coefficient (Wildman–Crippen LogP) is 8.92. The molecule has 2 rings (SSSR count). The Morgan fingerprint density at radius 1 is 0.758 bits per heavy atom. The molecular weight excluding hydrogens is 404 g/mol. The van der Waals surface area contributed by atoms with E-state index in [9.17, 15) is 9.59 Å². The smallest absolute Gasteiger partial charge is 0.190 e. The van der Waals surface area contributed by atoms with Crippen LogP contribution >= 0.6 is 0 Å². The van der Waals surface area contributed by atoms with E-state index < -0.39 is 59.3 Å². The first-order valence-electron chi connectivity index (χ1n) is 15.1. The Balaban J connectivity index is 2.14. The first-order chi connectivity index (χ1) is 18.6. The van der Waals surface area contributed by atoms with Crippen LogP contribution in [0.25, 0.3) is 0 Å². The molecule has 0 N–H and O–H groups in total. The second-order valence-corrected chi connectivity index (χ2v) is 9.01. The summed E-state index contributed by atoms with van der Waals surface area (Å²) >= 11 is 0. The first kappa shape index (κ1) is 17.7. The van der Waals surface area contributed by atoms with Gasteiger partial charge in [0.1, 0.15) is 0 Å². The highest BCUT2D eigenvalue weighted by Crippen LogP contribution is 2.28. The van der Waals surface area contributed by atoms with Crippen LogP contribution in [0.3, 0.4) is 0 Å². The molecule has 0 radical (unpaired) electrons. The van der Waals surface area contributed by atoms with Gasteiger partial charge in [-0.2, -0.15) is 0 Å². The summed E-state index contributed by atoms with van der Waals surface area (Å²) in [7, 11) is 0. The molecule has 0 unspecified atom stereocenters. The fourth-order valence-electron chi connectivity index (χ4n) is 3.64. The Morgan fingerprint density at radius 3 is 1.76 bits per heavy atom. The van der Waals surface area contributed by atoms with E-state index in [0.717, 1.165) is 37.7 Å². The Kier molecular flexibility index (Phi) is 7.02. The van der Waals surface area contributed by atoms with Crippen molar-refractivity contribution in [2.75, 3.05) is 0 Å². The number of Topliss-reactive ketones (excluding diaryl/α,β-unsaturated/α-hetero) is 2. The maximum absolute atomic E-state index is 13.4. The predicted molar refractivity (Wildman–Crippen MR) is 141 cm³/mol. The molecule has 0 aromatic heterocycles. The highest BCUT2D eigenvalue weighted by molar-refractivity contribution is 6.26. The highest BCUT2D eigenvalue weighted by atomic mass is 16.1. The van der Waals surface area contributed by atoms with Gasteiger partial charge in [0.15, 0.2) is 11.6 Å². The third-order valence-electron chi connectivity index (χ3n) is 5.75. The lowest BCUT2D eigenvalue weighted by molar-refractivity contribution is 0.0973. The van der Waals surface area contributed by atoms with Gasteiger partial charge in [0, 0.05) is 26.4 Å². The molecule has 176 valence electrons.